The third-order valence-electron chi connectivity index (χ3n) is 4.77. The number of nitrogens with zero attached hydrogens (tertiary/aromatic N) is 2. The fourth-order valence-corrected chi connectivity index (χ4v) is 3.50. The fraction of sp³-hybridized carbons (Fsp3) is 0.619. The van der Waals surface area contributed by atoms with Crippen LogP contribution in [-0.4, -0.2) is 55.5 Å². The van der Waals surface area contributed by atoms with Gasteiger partial charge < -0.3 is 16.0 Å². The molecule has 1 aromatic rings. The highest BCUT2D eigenvalue weighted by molar-refractivity contribution is 14.0. The fourth-order valence-electron chi connectivity index (χ4n) is 3.30. The van der Waals surface area contributed by atoms with Crippen LogP contribution in [0.5, 0.6) is 0 Å². The molecule has 29 heavy (non-hydrogen) atoms. The molecule has 1 saturated heterocycles. The molecule has 1 aliphatic heterocycles. The van der Waals surface area contributed by atoms with Crippen molar-refractivity contribution in [1.82, 2.24) is 20.9 Å². The molecule has 2 rings (SSSR count). The number of piperidine rings is 1. The number of carbonyl (C=O) groups excluding carboxylic acids is 1. The molecular weight excluding hydrogens is 501 g/mol. The van der Waals surface area contributed by atoms with Gasteiger partial charge in [-0.15, -0.1) is 24.0 Å². The van der Waals surface area contributed by atoms with Gasteiger partial charge in [-0.3, -0.25) is 14.7 Å². The number of rotatable bonds is 6. The number of nitrogens with one attached hydrogen (secondary N) is 3. The number of benzene rings is 1. The average molecular weight is 536 g/mol. The summed E-state index contributed by atoms with van der Waals surface area (Å²) in [5.41, 5.74) is 0.965. The summed E-state index contributed by atoms with van der Waals surface area (Å²) < 4.78 is 0. The Hall–Kier alpha value is -1.06. The molecule has 3 N–H and O–H groups in total. The zero-order valence-electron chi connectivity index (χ0n) is 17.9. The van der Waals surface area contributed by atoms with Crippen molar-refractivity contribution in [2.24, 2.45) is 10.9 Å². The van der Waals surface area contributed by atoms with Crippen molar-refractivity contribution in [1.29, 1.82) is 0 Å². The predicted molar refractivity (Wildman–Crippen MR) is 132 cm³/mol. The van der Waals surface area contributed by atoms with E-state index in [-0.39, 0.29) is 42.0 Å². The largest absolute Gasteiger partial charge is 0.356 e. The first kappa shape index (κ1) is 26.0. The van der Waals surface area contributed by atoms with Crippen LogP contribution in [0.25, 0.3) is 0 Å². The van der Waals surface area contributed by atoms with Crippen LogP contribution in [0.2, 0.25) is 5.02 Å². The molecule has 1 heterocycles. The third-order valence-corrected chi connectivity index (χ3v) is 5.14. The smallest absolute Gasteiger partial charge is 0.239 e. The molecule has 6 nitrogen and oxygen atoms in total. The SMILES string of the molecule is CN=C(NCC(=O)NC(C)(C)C)NCC1CCN(Cc2ccccc2Cl)CC1.I. The molecule has 0 bridgehead atoms. The minimum atomic E-state index is -0.229. The monoisotopic (exact) mass is 535 g/mol. The molecule has 1 amide bonds. The lowest BCUT2D eigenvalue weighted by Gasteiger charge is -2.32. The van der Waals surface area contributed by atoms with Crippen molar-refractivity contribution in [3.63, 3.8) is 0 Å². The first-order chi connectivity index (χ1) is 13.3. The van der Waals surface area contributed by atoms with E-state index in [9.17, 15) is 4.79 Å². The van der Waals surface area contributed by atoms with Crippen LogP contribution in [0.3, 0.4) is 0 Å². The molecule has 8 heteroatoms. The third kappa shape index (κ3) is 10.00. The van der Waals surface area contributed by atoms with Crippen molar-refractivity contribution in [2.45, 2.75) is 45.7 Å². The summed E-state index contributed by atoms with van der Waals surface area (Å²) in [7, 11) is 1.73. The first-order valence-electron chi connectivity index (χ1n) is 9.98. The highest BCUT2D eigenvalue weighted by Gasteiger charge is 2.20. The van der Waals surface area contributed by atoms with Crippen LogP contribution in [-0.2, 0) is 11.3 Å². The van der Waals surface area contributed by atoms with Crippen molar-refractivity contribution >= 4 is 47.4 Å². The molecule has 0 radical (unpaired) electrons. The second-order valence-electron chi connectivity index (χ2n) is 8.42. The number of likely N-dealkylation sites (tertiary alicyclic amines) is 1. The molecule has 1 fully saturated rings. The van der Waals surface area contributed by atoms with Gasteiger partial charge in [0, 0.05) is 30.7 Å². The Labute approximate surface area is 197 Å². The van der Waals surface area contributed by atoms with Crippen LogP contribution in [0.1, 0.15) is 39.2 Å². The topological polar surface area (TPSA) is 68.8 Å². The highest BCUT2D eigenvalue weighted by atomic mass is 127. The van der Waals surface area contributed by atoms with Gasteiger partial charge in [0.05, 0.1) is 6.54 Å². The number of carbonyl (C=O) groups is 1. The maximum Gasteiger partial charge on any atom is 0.239 e. The van der Waals surface area contributed by atoms with Gasteiger partial charge in [0.1, 0.15) is 0 Å². The molecular formula is C21H35ClIN5O. The number of halogens is 2. The highest BCUT2D eigenvalue weighted by Crippen LogP contribution is 2.21. The minimum absolute atomic E-state index is 0. The summed E-state index contributed by atoms with van der Waals surface area (Å²) in [5, 5.41) is 10.2. The minimum Gasteiger partial charge on any atom is -0.356 e. The van der Waals surface area contributed by atoms with E-state index >= 15 is 0 Å². The Kier molecular flexibility index (Phi) is 11.3. The van der Waals surface area contributed by atoms with E-state index in [0.717, 1.165) is 44.0 Å². The van der Waals surface area contributed by atoms with E-state index in [1.165, 1.54) is 5.56 Å². The van der Waals surface area contributed by atoms with Crippen molar-refractivity contribution in [3.8, 4) is 0 Å². The number of hydrogen-bond acceptors (Lipinski definition) is 3. The Morgan fingerprint density at radius 2 is 1.86 bits per heavy atom. The molecule has 0 aromatic heterocycles. The normalized spacial score (nSPS) is 16.1. The van der Waals surface area contributed by atoms with Crippen molar-refractivity contribution in [2.75, 3.05) is 33.2 Å². The van der Waals surface area contributed by atoms with E-state index in [2.05, 4.69) is 31.9 Å². The molecule has 0 saturated carbocycles. The first-order valence-corrected chi connectivity index (χ1v) is 10.4. The van der Waals surface area contributed by atoms with Gasteiger partial charge in [-0.1, -0.05) is 29.8 Å². The van der Waals surface area contributed by atoms with Crippen molar-refractivity contribution < 1.29 is 4.79 Å². The molecule has 1 aliphatic rings. The predicted octanol–water partition coefficient (Wildman–Crippen LogP) is 3.25. The van der Waals surface area contributed by atoms with Crippen LogP contribution >= 0.6 is 35.6 Å². The average Bonchev–Trinajstić information content (AvgIpc) is 2.63. The Bertz CT molecular complexity index is 669. The summed E-state index contributed by atoms with van der Waals surface area (Å²) in [5.74, 6) is 1.23. The lowest BCUT2D eigenvalue weighted by Crippen LogP contribution is -2.49. The van der Waals surface area contributed by atoms with Crippen LogP contribution < -0.4 is 16.0 Å². The lowest BCUT2D eigenvalue weighted by atomic mass is 9.96. The summed E-state index contributed by atoms with van der Waals surface area (Å²) in [6.07, 6.45) is 2.28. The molecule has 0 unspecified atom stereocenters. The van der Waals surface area contributed by atoms with Crippen LogP contribution in [0.15, 0.2) is 29.3 Å². The number of amides is 1. The zero-order valence-corrected chi connectivity index (χ0v) is 21.0. The van der Waals surface area contributed by atoms with Crippen LogP contribution in [0, 0.1) is 5.92 Å². The van der Waals surface area contributed by atoms with Crippen LogP contribution in [0.4, 0.5) is 0 Å². The van der Waals surface area contributed by atoms with E-state index in [1.807, 2.05) is 39.0 Å². The maximum atomic E-state index is 11.9. The van der Waals surface area contributed by atoms with Gasteiger partial charge in [-0.05, 0) is 64.3 Å². The Morgan fingerprint density at radius 1 is 1.21 bits per heavy atom. The zero-order chi connectivity index (χ0) is 20.6. The summed E-state index contributed by atoms with van der Waals surface area (Å²) in [6, 6.07) is 8.06. The second kappa shape index (κ2) is 12.6. The number of guanidine groups is 1. The standard InChI is InChI=1S/C21H34ClN5O.HI/c1-21(2,3)26-19(28)14-25-20(23-4)24-13-16-9-11-27(12-10-16)15-17-7-5-6-8-18(17)22;/h5-8,16H,9-15H2,1-4H3,(H,26,28)(H2,23,24,25);1H. The Balaban J connectivity index is 0.00000420. The van der Waals surface area contributed by atoms with E-state index in [0.29, 0.717) is 11.9 Å². The second-order valence-corrected chi connectivity index (χ2v) is 8.82. The molecule has 0 aliphatic carbocycles. The lowest BCUT2D eigenvalue weighted by molar-refractivity contribution is -0.121. The number of hydrogen-bond donors (Lipinski definition) is 3. The quantitative estimate of drug-likeness (QED) is 0.297. The Morgan fingerprint density at radius 3 is 2.45 bits per heavy atom. The molecule has 0 atom stereocenters. The van der Waals surface area contributed by atoms with Gasteiger partial charge in [-0.25, -0.2) is 0 Å². The molecule has 164 valence electrons. The van der Waals surface area contributed by atoms with Gasteiger partial charge in [-0.2, -0.15) is 0 Å². The van der Waals surface area contributed by atoms with Crippen molar-refractivity contribution in [3.05, 3.63) is 34.9 Å². The van der Waals surface area contributed by atoms with Gasteiger partial charge in [0.2, 0.25) is 5.91 Å². The van der Waals surface area contributed by atoms with E-state index in [4.69, 9.17) is 11.6 Å². The van der Waals surface area contributed by atoms with Gasteiger partial charge in [0.25, 0.3) is 0 Å². The molecule has 0 spiro atoms. The summed E-state index contributed by atoms with van der Waals surface area (Å²) in [4.78, 5) is 18.6. The summed E-state index contributed by atoms with van der Waals surface area (Å²) >= 11 is 6.27. The molecule has 1 aromatic carbocycles. The van der Waals surface area contributed by atoms with Gasteiger partial charge in [0.15, 0.2) is 5.96 Å². The van der Waals surface area contributed by atoms with E-state index in [1.54, 1.807) is 7.05 Å². The summed E-state index contributed by atoms with van der Waals surface area (Å²) in [6.45, 7) is 10.0. The van der Waals surface area contributed by atoms with E-state index < -0.39 is 0 Å². The van der Waals surface area contributed by atoms with Gasteiger partial charge >= 0.3 is 0 Å². The number of aliphatic imine (C=N–C) groups is 1. The maximum absolute atomic E-state index is 11.9.